The van der Waals surface area contributed by atoms with Crippen molar-refractivity contribution in [2.45, 2.75) is 22.8 Å². The summed E-state index contributed by atoms with van der Waals surface area (Å²) >= 11 is 2.01. The Kier molecular flexibility index (Phi) is 6.05. The first-order valence-electron chi connectivity index (χ1n) is 6.69. The van der Waals surface area contributed by atoms with Gasteiger partial charge < -0.3 is 28.3 Å². The zero-order valence-corrected chi connectivity index (χ0v) is 14.4. The van der Waals surface area contributed by atoms with Crippen molar-refractivity contribution in [1.29, 1.82) is 0 Å². The number of amides is 2. The number of carbonyl (C=O) groups excluding carboxylic acids is 2. The summed E-state index contributed by atoms with van der Waals surface area (Å²) in [6.07, 6.45) is -1.21. The van der Waals surface area contributed by atoms with E-state index in [-0.39, 0.29) is 39.9 Å². The van der Waals surface area contributed by atoms with E-state index in [9.17, 15) is 14.7 Å². The Labute approximate surface area is 149 Å². The molecule has 0 saturated carbocycles. The van der Waals surface area contributed by atoms with Gasteiger partial charge in [0.05, 0.1) is 11.5 Å². The maximum atomic E-state index is 10.8. The number of aliphatic hydroxyl groups is 1. The maximum absolute atomic E-state index is 10.8. The number of nitrogen functional groups attached to an aromatic ring is 2. The molecule has 0 bridgehead atoms. The molecule has 0 radical (unpaired) electrons. The molecule has 2 aromatic rings. The van der Waals surface area contributed by atoms with Crippen molar-refractivity contribution in [3.8, 4) is 0 Å². The molecule has 1 atom stereocenters. The second-order valence-corrected chi connectivity index (χ2v) is 6.59. The van der Waals surface area contributed by atoms with Crippen molar-refractivity contribution < 1.29 is 14.7 Å². The summed E-state index contributed by atoms with van der Waals surface area (Å²) in [6, 6.07) is 0. The molecule has 2 amide bonds. The van der Waals surface area contributed by atoms with E-state index in [1.165, 1.54) is 0 Å². The van der Waals surface area contributed by atoms with E-state index in [1.807, 2.05) is 0 Å². The van der Waals surface area contributed by atoms with Gasteiger partial charge in [0.2, 0.25) is 22.1 Å². The van der Waals surface area contributed by atoms with Crippen LogP contribution in [0.2, 0.25) is 0 Å². The lowest BCUT2D eigenvalue weighted by Crippen LogP contribution is -2.22. The van der Waals surface area contributed by atoms with E-state index in [2.05, 4.69) is 20.4 Å². The quantitative estimate of drug-likeness (QED) is 0.212. The molecular formula is C10H16N10O3S2. The Bertz CT molecular complexity index is 775. The number of primary amides is 2. The topological polar surface area (TPSA) is 220 Å². The van der Waals surface area contributed by atoms with Crippen molar-refractivity contribution in [1.82, 2.24) is 29.7 Å². The Morgan fingerprint density at radius 1 is 0.960 bits per heavy atom. The van der Waals surface area contributed by atoms with Crippen LogP contribution < -0.4 is 23.2 Å². The van der Waals surface area contributed by atoms with Gasteiger partial charge >= 0.3 is 0 Å². The van der Waals surface area contributed by atoms with Crippen LogP contribution in [-0.4, -0.2) is 58.2 Å². The predicted molar refractivity (Wildman–Crippen MR) is 88.8 cm³/mol. The SMILES string of the molecule is NC(=O)CSc1nnc(CC(O)c2nnc(SCC(N)=O)n2N)n1N. The lowest BCUT2D eigenvalue weighted by Gasteiger charge is -2.09. The van der Waals surface area contributed by atoms with Gasteiger partial charge in [-0.1, -0.05) is 23.5 Å². The first-order valence-corrected chi connectivity index (χ1v) is 8.66. The van der Waals surface area contributed by atoms with Crippen LogP contribution in [-0.2, 0) is 16.0 Å². The molecule has 0 saturated heterocycles. The molecule has 1 unspecified atom stereocenters. The van der Waals surface area contributed by atoms with Crippen LogP contribution in [0.1, 0.15) is 17.8 Å². The van der Waals surface area contributed by atoms with E-state index in [4.69, 9.17) is 23.2 Å². The third-order valence-corrected chi connectivity index (χ3v) is 4.72. The van der Waals surface area contributed by atoms with Gasteiger partial charge in [-0.2, -0.15) is 0 Å². The monoisotopic (exact) mass is 388 g/mol. The standard InChI is InChI=1S/C10H16N10O3S2/c11-5(22)2-24-9-17-15-7(19(9)13)1-4(21)8-16-18-10(20(8)14)25-3-6(12)23/h4,21H,1-3,13-14H2,(H2,11,22)(H2,12,23). The summed E-state index contributed by atoms with van der Waals surface area (Å²) in [5.74, 6) is 10.8. The fourth-order valence-electron chi connectivity index (χ4n) is 1.69. The second-order valence-electron chi connectivity index (χ2n) is 4.71. The summed E-state index contributed by atoms with van der Waals surface area (Å²) in [7, 11) is 0. The molecule has 2 aromatic heterocycles. The minimum Gasteiger partial charge on any atom is -0.385 e. The molecular weight excluding hydrogens is 372 g/mol. The number of thioether (sulfide) groups is 2. The Hall–Kier alpha value is -2.52. The number of aromatic nitrogens is 6. The molecule has 0 aliphatic rings. The van der Waals surface area contributed by atoms with Crippen LogP contribution in [0, 0.1) is 0 Å². The average molecular weight is 388 g/mol. The van der Waals surface area contributed by atoms with E-state index in [1.54, 1.807) is 0 Å². The molecule has 15 heteroatoms. The third-order valence-electron chi connectivity index (χ3n) is 2.79. The normalized spacial score (nSPS) is 12.2. The molecule has 0 aromatic carbocycles. The molecule has 0 spiro atoms. The van der Waals surface area contributed by atoms with Crippen LogP contribution in [0.4, 0.5) is 0 Å². The van der Waals surface area contributed by atoms with Crippen molar-refractivity contribution in [3.05, 3.63) is 11.6 Å². The summed E-state index contributed by atoms with van der Waals surface area (Å²) in [5, 5.41) is 26.0. The lowest BCUT2D eigenvalue weighted by molar-refractivity contribution is -0.116. The van der Waals surface area contributed by atoms with Crippen LogP contribution >= 0.6 is 23.5 Å². The summed E-state index contributed by atoms with van der Waals surface area (Å²) in [5.41, 5.74) is 10.1. The fourth-order valence-corrected chi connectivity index (χ4v) is 2.91. The van der Waals surface area contributed by atoms with Gasteiger partial charge in [-0.25, -0.2) is 9.35 Å². The van der Waals surface area contributed by atoms with E-state index in [0.29, 0.717) is 0 Å². The summed E-state index contributed by atoms with van der Waals surface area (Å²) in [4.78, 5) is 21.6. The minimum absolute atomic E-state index is 0.00450. The molecule has 2 rings (SSSR count). The van der Waals surface area contributed by atoms with Gasteiger partial charge in [0.1, 0.15) is 6.10 Å². The Morgan fingerprint density at radius 2 is 1.48 bits per heavy atom. The van der Waals surface area contributed by atoms with Crippen LogP contribution in [0.3, 0.4) is 0 Å². The number of nitrogens with two attached hydrogens (primary N) is 4. The minimum atomic E-state index is -1.17. The van der Waals surface area contributed by atoms with Crippen molar-refractivity contribution in [2.75, 3.05) is 23.2 Å². The van der Waals surface area contributed by atoms with Crippen LogP contribution in [0.5, 0.6) is 0 Å². The highest BCUT2D eigenvalue weighted by atomic mass is 32.2. The lowest BCUT2D eigenvalue weighted by atomic mass is 10.2. The van der Waals surface area contributed by atoms with E-state index < -0.39 is 17.9 Å². The molecule has 0 aliphatic carbocycles. The third kappa shape index (κ3) is 4.74. The highest BCUT2D eigenvalue weighted by Gasteiger charge is 2.22. The van der Waals surface area contributed by atoms with Gasteiger partial charge in [-0.15, -0.1) is 20.4 Å². The summed E-state index contributed by atoms with van der Waals surface area (Å²) in [6.45, 7) is 0. The van der Waals surface area contributed by atoms with Crippen LogP contribution in [0.25, 0.3) is 0 Å². The molecule has 0 aliphatic heterocycles. The zero-order chi connectivity index (χ0) is 18.6. The number of nitrogens with zero attached hydrogens (tertiary/aromatic N) is 6. The smallest absolute Gasteiger partial charge is 0.227 e. The van der Waals surface area contributed by atoms with Gasteiger partial charge in [-0.3, -0.25) is 9.59 Å². The average Bonchev–Trinajstić information content (AvgIpc) is 3.07. The van der Waals surface area contributed by atoms with Gasteiger partial charge in [0.15, 0.2) is 11.6 Å². The van der Waals surface area contributed by atoms with E-state index in [0.717, 1.165) is 32.9 Å². The number of aliphatic hydroxyl groups excluding tert-OH is 1. The Morgan fingerprint density at radius 3 is 2.04 bits per heavy atom. The molecule has 9 N–H and O–H groups in total. The van der Waals surface area contributed by atoms with Gasteiger partial charge in [-0.05, 0) is 0 Å². The van der Waals surface area contributed by atoms with Gasteiger partial charge in [0.25, 0.3) is 0 Å². The maximum Gasteiger partial charge on any atom is 0.227 e. The number of carbonyl (C=O) groups is 2. The highest BCUT2D eigenvalue weighted by Crippen LogP contribution is 2.21. The molecule has 13 nitrogen and oxygen atoms in total. The van der Waals surface area contributed by atoms with Crippen molar-refractivity contribution in [3.63, 3.8) is 0 Å². The molecule has 0 fully saturated rings. The largest absolute Gasteiger partial charge is 0.385 e. The molecule has 2 heterocycles. The fraction of sp³-hybridized carbons (Fsp3) is 0.400. The summed E-state index contributed by atoms with van der Waals surface area (Å²) < 4.78 is 2.19. The number of hydrogen-bond acceptors (Lipinski definition) is 11. The highest BCUT2D eigenvalue weighted by molar-refractivity contribution is 8.00. The number of hydrogen-bond donors (Lipinski definition) is 5. The molecule has 136 valence electrons. The predicted octanol–water partition coefficient (Wildman–Crippen LogP) is -3.27. The van der Waals surface area contributed by atoms with E-state index >= 15 is 0 Å². The zero-order valence-electron chi connectivity index (χ0n) is 12.8. The van der Waals surface area contributed by atoms with Crippen molar-refractivity contribution >= 4 is 35.3 Å². The number of rotatable bonds is 9. The first-order chi connectivity index (χ1) is 11.8. The second kappa shape index (κ2) is 8.04. The van der Waals surface area contributed by atoms with Crippen LogP contribution in [0.15, 0.2) is 10.3 Å². The molecule has 25 heavy (non-hydrogen) atoms. The van der Waals surface area contributed by atoms with Gasteiger partial charge in [0, 0.05) is 6.42 Å². The first kappa shape index (κ1) is 18.8. The van der Waals surface area contributed by atoms with Crippen molar-refractivity contribution in [2.24, 2.45) is 11.5 Å². The Balaban J connectivity index is 2.06.